The maximum atomic E-state index is 6.49. The van der Waals surface area contributed by atoms with Crippen LogP contribution in [0.4, 0.5) is 0 Å². The van der Waals surface area contributed by atoms with Gasteiger partial charge in [0.15, 0.2) is 17.5 Å². The number of fused-ring (bicyclic) bond motifs is 8. The minimum Gasteiger partial charge on any atom is -0.456 e. The summed E-state index contributed by atoms with van der Waals surface area (Å²) < 4.78 is 12.7. The van der Waals surface area contributed by atoms with E-state index >= 15 is 0 Å². The van der Waals surface area contributed by atoms with E-state index in [2.05, 4.69) is 164 Å². The Morgan fingerprint density at radius 1 is 0.258 bits per heavy atom. The summed E-state index contributed by atoms with van der Waals surface area (Å²) in [6, 6.07) is 78.5. The van der Waals surface area contributed by atoms with Gasteiger partial charge in [-0.15, -0.1) is 0 Å². The van der Waals surface area contributed by atoms with E-state index in [0.29, 0.717) is 17.5 Å². The van der Waals surface area contributed by atoms with E-state index in [0.717, 1.165) is 105 Å². The maximum Gasteiger partial charge on any atom is 0.164 e. The van der Waals surface area contributed by atoms with Gasteiger partial charge in [-0.2, -0.15) is 0 Å². The molecule has 308 valence electrons. The first-order valence-corrected chi connectivity index (χ1v) is 22.2. The summed E-state index contributed by atoms with van der Waals surface area (Å²) in [4.78, 5) is 15.5. The fourth-order valence-corrected chi connectivity index (χ4v) is 9.57. The summed E-state index contributed by atoms with van der Waals surface area (Å²) in [6.07, 6.45) is 0. The van der Waals surface area contributed by atoms with Gasteiger partial charge in [0.05, 0.1) is 0 Å². The molecule has 0 aliphatic carbocycles. The van der Waals surface area contributed by atoms with Gasteiger partial charge in [0.25, 0.3) is 0 Å². The fraction of sp³-hybridized carbons (Fsp3) is 0. The van der Waals surface area contributed by atoms with E-state index < -0.39 is 0 Å². The number of hydrogen-bond acceptors (Lipinski definition) is 5. The Morgan fingerprint density at radius 3 is 1.48 bits per heavy atom. The quantitative estimate of drug-likeness (QED) is 0.160. The maximum absolute atomic E-state index is 6.49. The molecule has 13 aromatic rings. The monoisotopic (exact) mass is 843 g/mol. The van der Waals surface area contributed by atoms with Crippen molar-refractivity contribution in [3.05, 3.63) is 224 Å². The summed E-state index contributed by atoms with van der Waals surface area (Å²) in [6.45, 7) is 0. The first-order chi connectivity index (χ1) is 32.7. The van der Waals surface area contributed by atoms with Crippen LogP contribution >= 0.6 is 0 Å². The molecule has 0 unspecified atom stereocenters. The van der Waals surface area contributed by atoms with Gasteiger partial charge in [-0.1, -0.05) is 164 Å². The SMILES string of the molecule is c1ccc(-c2cc(-c3cccc(-c4nc(-c5ccccc5)nc(-c5ccc6oc7ccccc7c6c5)n4)c3)c(-c3ccccc3)c(-c3ccc4oc5ccc6ccccc6c5c4c3)c2)cc1. The summed E-state index contributed by atoms with van der Waals surface area (Å²) in [7, 11) is 0. The molecule has 0 radical (unpaired) electrons. The number of nitrogens with zero attached hydrogens (tertiary/aromatic N) is 3. The molecule has 0 atom stereocenters. The molecular formula is C61H37N3O2. The molecule has 66 heavy (non-hydrogen) atoms. The molecule has 0 aliphatic rings. The van der Waals surface area contributed by atoms with Crippen molar-refractivity contribution in [1.29, 1.82) is 0 Å². The summed E-state index contributed by atoms with van der Waals surface area (Å²) in [5.41, 5.74) is 14.9. The minimum atomic E-state index is 0.586. The standard InChI is InChI=1S/C61H37N3O2/c1-4-15-38(16-5-1)46-36-49(57(40-18-6-2-7-19-40)50(37-46)43-28-30-55-52(34-43)58-47-24-11-10-17-39(47)27-32-56(58)66-55)42-22-14-23-44(33-42)60-62-59(41-20-8-3-9-21-41)63-61(64-60)45-29-31-54-51(35-45)48-25-12-13-26-53(48)65-54/h1-37H. The second kappa shape index (κ2) is 15.4. The van der Waals surface area contributed by atoms with Gasteiger partial charge in [-0.05, 0) is 116 Å². The third kappa shape index (κ3) is 6.44. The van der Waals surface area contributed by atoms with Gasteiger partial charge in [0.2, 0.25) is 0 Å². The van der Waals surface area contributed by atoms with Crippen LogP contribution in [0.3, 0.4) is 0 Å². The second-order valence-electron chi connectivity index (χ2n) is 16.7. The van der Waals surface area contributed by atoms with Gasteiger partial charge in [0, 0.05) is 38.2 Å². The Hall–Kier alpha value is -8.93. The highest BCUT2D eigenvalue weighted by Gasteiger charge is 2.21. The van der Waals surface area contributed by atoms with Crippen LogP contribution in [0.2, 0.25) is 0 Å². The first kappa shape index (κ1) is 37.6. The van der Waals surface area contributed by atoms with E-state index in [1.54, 1.807) is 0 Å². The lowest BCUT2D eigenvalue weighted by molar-refractivity contribution is 0.668. The van der Waals surface area contributed by atoms with Gasteiger partial charge >= 0.3 is 0 Å². The van der Waals surface area contributed by atoms with Crippen molar-refractivity contribution >= 4 is 54.6 Å². The van der Waals surface area contributed by atoms with Crippen LogP contribution in [0.15, 0.2) is 233 Å². The van der Waals surface area contributed by atoms with Crippen molar-refractivity contribution in [2.75, 3.05) is 0 Å². The van der Waals surface area contributed by atoms with Crippen molar-refractivity contribution in [2.45, 2.75) is 0 Å². The average molecular weight is 844 g/mol. The normalized spacial score (nSPS) is 11.6. The summed E-state index contributed by atoms with van der Waals surface area (Å²) in [5, 5.41) is 6.65. The number of hydrogen-bond donors (Lipinski definition) is 0. The molecule has 0 bridgehead atoms. The van der Waals surface area contributed by atoms with E-state index in [-0.39, 0.29) is 0 Å². The zero-order chi connectivity index (χ0) is 43.6. The van der Waals surface area contributed by atoms with Crippen molar-refractivity contribution < 1.29 is 8.83 Å². The molecule has 0 amide bonds. The smallest absolute Gasteiger partial charge is 0.164 e. The molecule has 3 aromatic heterocycles. The van der Waals surface area contributed by atoms with Gasteiger partial charge in [0.1, 0.15) is 22.3 Å². The van der Waals surface area contributed by atoms with Crippen LogP contribution in [0.5, 0.6) is 0 Å². The van der Waals surface area contributed by atoms with E-state index in [9.17, 15) is 0 Å². The fourth-order valence-electron chi connectivity index (χ4n) is 9.57. The van der Waals surface area contributed by atoms with Crippen LogP contribution < -0.4 is 0 Å². The Labute approximate surface area is 379 Å². The lowest BCUT2D eigenvalue weighted by atomic mass is 9.84. The lowest BCUT2D eigenvalue weighted by Crippen LogP contribution is -2.00. The molecule has 5 nitrogen and oxygen atoms in total. The topological polar surface area (TPSA) is 65.0 Å². The molecule has 13 rings (SSSR count). The van der Waals surface area contributed by atoms with Crippen LogP contribution in [-0.2, 0) is 0 Å². The number of benzene rings is 10. The number of aromatic nitrogens is 3. The first-order valence-electron chi connectivity index (χ1n) is 22.2. The number of para-hydroxylation sites is 1. The van der Waals surface area contributed by atoms with Crippen molar-refractivity contribution in [2.24, 2.45) is 0 Å². The predicted octanol–water partition coefficient (Wildman–Crippen LogP) is 16.5. The predicted molar refractivity (Wildman–Crippen MR) is 270 cm³/mol. The molecule has 0 fully saturated rings. The van der Waals surface area contributed by atoms with Gasteiger partial charge < -0.3 is 8.83 Å². The Balaban J connectivity index is 1.03. The highest BCUT2D eigenvalue weighted by atomic mass is 16.3. The number of furan rings is 2. The highest BCUT2D eigenvalue weighted by Crippen LogP contribution is 2.46. The Bertz CT molecular complexity index is 3990. The minimum absolute atomic E-state index is 0.586. The van der Waals surface area contributed by atoms with Crippen molar-refractivity contribution in [3.63, 3.8) is 0 Å². The molecule has 5 heteroatoms. The zero-order valence-electron chi connectivity index (χ0n) is 35.5. The molecule has 3 heterocycles. The molecule has 10 aromatic carbocycles. The summed E-state index contributed by atoms with van der Waals surface area (Å²) in [5.74, 6) is 1.78. The molecular weight excluding hydrogens is 807 g/mol. The summed E-state index contributed by atoms with van der Waals surface area (Å²) >= 11 is 0. The zero-order valence-corrected chi connectivity index (χ0v) is 35.5. The molecule has 0 saturated carbocycles. The molecule has 0 aliphatic heterocycles. The Kier molecular flexibility index (Phi) is 8.78. The van der Waals surface area contributed by atoms with Crippen molar-refractivity contribution in [3.8, 4) is 78.7 Å². The third-order valence-electron chi connectivity index (χ3n) is 12.7. The number of rotatable bonds is 7. The second-order valence-corrected chi connectivity index (χ2v) is 16.7. The van der Waals surface area contributed by atoms with E-state index in [1.165, 1.54) is 10.8 Å². The van der Waals surface area contributed by atoms with Gasteiger partial charge in [-0.3, -0.25) is 0 Å². The molecule has 0 spiro atoms. The highest BCUT2D eigenvalue weighted by molar-refractivity contribution is 6.19. The molecule has 0 N–H and O–H groups in total. The largest absolute Gasteiger partial charge is 0.456 e. The van der Waals surface area contributed by atoms with E-state index in [1.807, 2.05) is 60.7 Å². The third-order valence-corrected chi connectivity index (χ3v) is 12.7. The Morgan fingerprint density at radius 2 is 0.742 bits per heavy atom. The van der Waals surface area contributed by atoms with E-state index in [4.69, 9.17) is 23.8 Å². The van der Waals surface area contributed by atoms with Crippen LogP contribution in [-0.4, -0.2) is 15.0 Å². The average Bonchev–Trinajstić information content (AvgIpc) is 3.97. The van der Waals surface area contributed by atoms with Crippen LogP contribution in [0.1, 0.15) is 0 Å². The van der Waals surface area contributed by atoms with Gasteiger partial charge in [-0.25, -0.2) is 15.0 Å². The lowest BCUT2D eigenvalue weighted by Gasteiger charge is -2.19. The van der Waals surface area contributed by atoms with Crippen molar-refractivity contribution in [1.82, 2.24) is 15.0 Å². The van der Waals surface area contributed by atoms with Crippen LogP contribution in [0, 0.1) is 0 Å². The molecule has 0 saturated heterocycles. The van der Waals surface area contributed by atoms with Crippen LogP contribution in [0.25, 0.3) is 133 Å².